The van der Waals surface area contributed by atoms with Crippen LogP contribution in [-0.2, 0) is 20.7 Å². The summed E-state index contributed by atoms with van der Waals surface area (Å²) in [6.45, 7) is 1.89. The van der Waals surface area contributed by atoms with Crippen molar-refractivity contribution in [3.8, 4) is 11.5 Å². The lowest BCUT2D eigenvalue weighted by Crippen LogP contribution is -2.21. The van der Waals surface area contributed by atoms with Gasteiger partial charge in [0.1, 0.15) is 5.60 Å². The highest BCUT2D eigenvalue weighted by Crippen LogP contribution is 2.41. The summed E-state index contributed by atoms with van der Waals surface area (Å²) in [6.07, 6.45) is 0.137. The maximum absolute atomic E-state index is 11.4. The third-order valence-corrected chi connectivity index (χ3v) is 3.30. The van der Waals surface area contributed by atoms with Crippen LogP contribution in [0.15, 0.2) is 18.2 Å². The van der Waals surface area contributed by atoms with Crippen LogP contribution in [0.4, 0.5) is 0 Å². The number of ether oxygens (including phenoxy) is 4. The predicted octanol–water partition coefficient (Wildman–Crippen LogP) is 1.58. The van der Waals surface area contributed by atoms with Gasteiger partial charge in [-0.05, 0) is 24.6 Å². The van der Waals surface area contributed by atoms with E-state index in [0.29, 0.717) is 17.9 Å². The lowest BCUT2D eigenvalue weighted by Gasteiger charge is -2.11. The van der Waals surface area contributed by atoms with E-state index in [9.17, 15) is 4.79 Å². The van der Waals surface area contributed by atoms with Crippen LogP contribution in [0.2, 0.25) is 0 Å². The minimum absolute atomic E-state index is 0.331. The van der Waals surface area contributed by atoms with Crippen LogP contribution >= 0.6 is 0 Å². The summed E-state index contributed by atoms with van der Waals surface area (Å²) < 4.78 is 20.6. The second-order valence-electron chi connectivity index (χ2n) is 4.70. The summed E-state index contributed by atoms with van der Waals surface area (Å²) in [5.41, 5.74) is 0.527. The molecular formula is C14H18O5. The Bertz CT molecular complexity index is 485. The molecule has 0 amide bonds. The minimum atomic E-state index is -0.493. The second-order valence-corrected chi connectivity index (χ2v) is 4.70. The second kappa shape index (κ2) is 5.09. The monoisotopic (exact) mass is 266 g/mol. The molecule has 1 aliphatic heterocycles. The van der Waals surface area contributed by atoms with Gasteiger partial charge in [-0.2, -0.15) is 0 Å². The van der Waals surface area contributed by atoms with Crippen LogP contribution in [0.3, 0.4) is 0 Å². The molecule has 2 atom stereocenters. The molecule has 1 saturated heterocycles. The van der Waals surface area contributed by atoms with E-state index < -0.39 is 11.7 Å². The zero-order valence-electron chi connectivity index (χ0n) is 11.6. The molecule has 0 spiro atoms. The van der Waals surface area contributed by atoms with Crippen molar-refractivity contribution in [1.29, 1.82) is 0 Å². The lowest BCUT2D eigenvalue weighted by molar-refractivity contribution is -0.142. The van der Waals surface area contributed by atoms with Crippen molar-refractivity contribution in [1.82, 2.24) is 0 Å². The van der Waals surface area contributed by atoms with Gasteiger partial charge in [0.2, 0.25) is 0 Å². The molecule has 0 aromatic heterocycles. The number of hydrogen-bond donors (Lipinski definition) is 0. The van der Waals surface area contributed by atoms with Crippen LogP contribution < -0.4 is 9.47 Å². The fourth-order valence-corrected chi connectivity index (χ4v) is 2.17. The van der Waals surface area contributed by atoms with E-state index in [1.165, 1.54) is 7.11 Å². The van der Waals surface area contributed by atoms with Crippen molar-refractivity contribution in [3.63, 3.8) is 0 Å². The van der Waals surface area contributed by atoms with E-state index in [-0.39, 0.29) is 5.97 Å². The summed E-state index contributed by atoms with van der Waals surface area (Å²) in [4.78, 5) is 11.4. The van der Waals surface area contributed by atoms with E-state index >= 15 is 0 Å². The van der Waals surface area contributed by atoms with Gasteiger partial charge < -0.3 is 18.9 Å². The van der Waals surface area contributed by atoms with Crippen molar-refractivity contribution >= 4 is 5.97 Å². The Morgan fingerprint density at radius 3 is 2.53 bits per heavy atom. The molecule has 5 nitrogen and oxygen atoms in total. The Kier molecular flexibility index (Phi) is 3.66. The maximum Gasteiger partial charge on any atom is 0.338 e. The Labute approximate surface area is 112 Å². The normalized spacial score (nSPS) is 24.7. The van der Waals surface area contributed by atoms with Gasteiger partial charge in [0.25, 0.3) is 0 Å². The SMILES string of the molecule is COC(=O)C1OC1(C)Cc1ccc(OC)c(OC)c1. The van der Waals surface area contributed by atoms with Gasteiger partial charge in [-0.1, -0.05) is 6.07 Å². The first-order valence-corrected chi connectivity index (χ1v) is 6.00. The van der Waals surface area contributed by atoms with Crippen LogP contribution in [-0.4, -0.2) is 39.0 Å². The molecule has 0 saturated carbocycles. The van der Waals surface area contributed by atoms with Crippen LogP contribution in [0.1, 0.15) is 12.5 Å². The summed E-state index contributed by atoms with van der Waals surface area (Å²) >= 11 is 0. The highest BCUT2D eigenvalue weighted by atomic mass is 16.6. The molecule has 1 aromatic rings. The number of carbonyl (C=O) groups is 1. The average Bonchev–Trinajstić information content (AvgIpc) is 3.09. The predicted molar refractivity (Wildman–Crippen MR) is 68.5 cm³/mol. The number of benzene rings is 1. The molecule has 5 heteroatoms. The molecule has 2 rings (SSSR count). The van der Waals surface area contributed by atoms with Crippen molar-refractivity contribution < 1.29 is 23.7 Å². The Morgan fingerprint density at radius 1 is 1.26 bits per heavy atom. The zero-order valence-corrected chi connectivity index (χ0v) is 11.6. The molecule has 0 aliphatic carbocycles. The number of carbonyl (C=O) groups excluding carboxylic acids is 1. The van der Waals surface area contributed by atoms with Gasteiger partial charge in [-0.3, -0.25) is 0 Å². The lowest BCUT2D eigenvalue weighted by atomic mass is 9.97. The van der Waals surface area contributed by atoms with Crippen LogP contribution in [0.5, 0.6) is 11.5 Å². The quantitative estimate of drug-likeness (QED) is 0.598. The summed E-state index contributed by atoms with van der Waals surface area (Å²) in [5, 5.41) is 0. The van der Waals surface area contributed by atoms with Gasteiger partial charge in [0.15, 0.2) is 17.6 Å². The van der Waals surface area contributed by atoms with Crippen molar-refractivity contribution in [2.45, 2.75) is 25.0 Å². The van der Waals surface area contributed by atoms with Gasteiger partial charge in [-0.15, -0.1) is 0 Å². The first-order chi connectivity index (χ1) is 9.04. The van der Waals surface area contributed by atoms with Crippen molar-refractivity contribution in [3.05, 3.63) is 23.8 Å². The fraction of sp³-hybridized carbons (Fsp3) is 0.500. The summed E-state index contributed by atoms with van der Waals surface area (Å²) in [5.74, 6) is 1.01. The van der Waals surface area contributed by atoms with Crippen LogP contribution in [0.25, 0.3) is 0 Å². The minimum Gasteiger partial charge on any atom is -0.493 e. The van der Waals surface area contributed by atoms with E-state index in [1.54, 1.807) is 14.2 Å². The average molecular weight is 266 g/mol. The molecule has 0 N–H and O–H groups in total. The molecule has 19 heavy (non-hydrogen) atoms. The standard InChI is InChI=1S/C14H18O5/c1-14(12(19-14)13(15)18-4)8-9-5-6-10(16-2)11(7-9)17-3/h5-7,12H,8H2,1-4H3. The molecule has 0 bridgehead atoms. The maximum atomic E-state index is 11.4. The number of methoxy groups -OCH3 is 3. The first-order valence-electron chi connectivity index (χ1n) is 6.00. The van der Waals surface area contributed by atoms with E-state index in [0.717, 1.165) is 5.56 Å². The number of rotatable bonds is 5. The van der Waals surface area contributed by atoms with Gasteiger partial charge in [0.05, 0.1) is 21.3 Å². The van der Waals surface area contributed by atoms with E-state index in [1.807, 2.05) is 25.1 Å². The highest BCUT2D eigenvalue weighted by molar-refractivity contribution is 5.79. The fourth-order valence-electron chi connectivity index (χ4n) is 2.17. The van der Waals surface area contributed by atoms with E-state index in [4.69, 9.17) is 14.2 Å². The molecule has 1 fully saturated rings. The number of epoxide rings is 1. The first kappa shape index (κ1) is 13.7. The molecule has 1 aromatic carbocycles. The smallest absolute Gasteiger partial charge is 0.338 e. The van der Waals surface area contributed by atoms with Gasteiger partial charge in [0, 0.05) is 6.42 Å². The summed E-state index contributed by atoms with van der Waals surface area (Å²) in [6, 6.07) is 5.66. The summed E-state index contributed by atoms with van der Waals surface area (Å²) in [7, 11) is 4.55. The topological polar surface area (TPSA) is 57.3 Å². The molecule has 1 aliphatic rings. The Hall–Kier alpha value is -1.75. The molecule has 0 radical (unpaired) electrons. The molecule has 1 heterocycles. The third-order valence-electron chi connectivity index (χ3n) is 3.30. The van der Waals surface area contributed by atoms with Gasteiger partial charge >= 0.3 is 5.97 Å². The van der Waals surface area contributed by atoms with Crippen molar-refractivity contribution in [2.75, 3.05) is 21.3 Å². The number of esters is 1. The molecule has 104 valence electrons. The number of hydrogen-bond acceptors (Lipinski definition) is 5. The zero-order chi connectivity index (χ0) is 14.0. The largest absolute Gasteiger partial charge is 0.493 e. The Balaban J connectivity index is 2.10. The van der Waals surface area contributed by atoms with Gasteiger partial charge in [-0.25, -0.2) is 4.79 Å². The van der Waals surface area contributed by atoms with E-state index in [2.05, 4.69) is 4.74 Å². The molecular weight excluding hydrogens is 248 g/mol. The molecule has 2 unspecified atom stereocenters. The highest BCUT2D eigenvalue weighted by Gasteiger charge is 2.57. The van der Waals surface area contributed by atoms with Crippen LogP contribution in [0, 0.1) is 0 Å². The van der Waals surface area contributed by atoms with Crippen molar-refractivity contribution in [2.24, 2.45) is 0 Å². The Morgan fingerprint density at radius 2 is 1.95 bits per heavy atom. The third kappa shape index (κ3) is 2.66.